The zero-order valence-electron chi connectivity index (χ0n) is 17.2. The number of thioether (sulfide) groups is 1. The molecule has 0 unspecified atom stereocenters. The summed E-state index contributed by atoms with van der Waals surface area (Å²) in [4.78, 5) is 22.6. The highest BCUT2D eigenvalue weighted by Crippen LogP contribution is 2.33. The third kappa shape index (κ3) is 4.57. The van der Waals surface area contributed by atoms with Crippen LogP contribution in [0.4, 0.5) is 5.13 Å². The maximum Gasteiger partial charge on any atom is 0.260 e. The highest BCUT2D eigenvalue weighted by atomic mass is 32.2. The first-order valence-electron chi connectivity index (χ1n) is 9.52. The number of thiazole rings is 1. The minimum Gasteiger partial charge on any atom is -0.340 e. The van der Waals surface area contributed by atoms with Crippen molar-refractivity contribution in [2.24, 2.45) is 0 Å². The van der Waals surface area contributed by atoms with Crippen molar-refractivity contribution < 1.29 is 9.69 Å². The number of hydrogen-bond donors (Lipinski definition) is 1. The highest BCUT2D eigenvalue weighted by Gasteiger charge is 2.22. The summed E-state index contributed by atoms with van der Waals surface area (Å²) in [6, 6.07) is 12.1. The minimum absolute atomic E-state index is 0.0239. The standard InChI is InChI=1S/C22H27N3OS2/c1-15-7-8-16(2)20-19(15)23-22(28-20)25(14-6-13-24(3)4)21(26)17-9-11-18(27-5)12-10-17/h7-12H,6,13-14H2,1-5H3/p+1. The van der Waals surface area contributed by atoms with Crippen LogP contribution in [0, 0.1) is 13.8 Å². The minimum atomic E-state index is 0.0239. The average molecular weight is 415 g/mol. The molecule has 28 heavy (non-hydrogen) atoms. The van der Waals surface area contributed by atoms with Gasteiger partial charge in [0.05, 0.1) is 30.9 Å². The normalized spacial score (nSPS) is 11.4. The molecule has 0 aliphatic rings. The number of carbonyl (C=O) groups excluding carboxylic acids is 1. The summed E-state index contributed by atoms with van der Waals surface area (Å²) >= 11 is 3.30. The van der Waals surface area contributed by atoms with Gasteiger partial charge in [-0.2, -0.15) is 0 Å². The van der Waals surface area contributed by atoms with Crippen LogP contribution in [0.2, 0.25) is 0 Å². The molecule has 2 aromatic carbocycles. The van der Waals surface area contributed by atoms with Gasteiger partial charge in [-0.15, -0.1) is 11.8 Å². The molecule has 0 spiro atoms. The van der Waals surface area contributed by atoms with Gasteiger partial charge in [0.1, 0.15) is 0 Å². The van der Waals surface area contributed by atoms with Gasteiger partial charge in [-0.1, -0.05) is 23.5 Å². The van der Waals surface area contributed by atoms with Crippen LogP contribution in [0.3, 0.4) is 0 Å². The third-order valence-electron chi connectivity index (χ3n) is 4.80. The molecule has 0 saturated carbocycles. The van der Waals surface area contributed by atoms with Gasteiger partial charge in [-0.25, -0.2) is 4.98 Å². The van der Waals surface area contributed by atoms with E-state index in [-0.39, 0.29) is 5.91 Å². The lowest BCUT2D eigenvalue weighted by atomic mass is 10.1. The van der Waals surface area contributed by atoms with Crippen molar-refractivity contribution in [2.75, 3.05) is 38.3 Å². The van der Waals surface area contributed by atoms with Gasteiger partial charge in [0.25, 0.3) is 5.91 Å². The Balaban J connectivity index is 1.97. The van der Waals surface area contributed by atoms with E-state index in [2.05, 4.69) is 40.1 Å². The maximum atomic E-state index is 13.3. The number of carbonyl (C=O) groups is 1. The van der Waals surface area contributed by atoms with Crippen molar-refractivity contribution in [1.82, 2.24) is 4.98 Å². The fourth-order valence-corrected chi connectivity index (χ4v) is 4.67. The molecular weight excluding hydrogens is 386 g/mol. The lowest BCUT2D eigenvalue weighted by Crippen LogP contribution is -3.05. The Bertz CT molecular complexity index is 925. The predicted octanol–water partition coefficient (Wildman–Crippen LogP) is 3.82. The number of nitrogens with zero attached hydrogens (tertiary/aromatic N) is 2. The van der Waals surface area contributed by atoms with E-state index in [0.717, 1.165) is 34.1 Å². The SMILES string of the molecule is CSc1ccc(C(=O)N(CCC[NH+](C)C)c2nc3c(C)ccc(C)c3s2)cc1. The van der Waals surface area contributed by atoms with E-state index in [9.17, 15) is 4.79 Å². The van der Waals surface area contributed by atoms with Crippen molar-refractivity contribution in [1.29, 1.82) is 0 Å². The number of rotatable bonds is 7. The van der Waals surface area contributed by atoms with E-state index >= 15 is 0 Å². The molecule has 1 heterocycles. The van der Waals surface area contributed by atoms with Gasteiger partial charge in [-0.3, -0.25) is 9.69 Å². The van der Waals surface area contributed by atoms with Crippen LogP contribution in [-0.4, -0.2) is 44.3 Å². The summed E-state index contributed by atoms with van der Waals surface area (Å²) in [5.74, 6) is 0.0239. The average Bonchev–Trinajstić information content (AvgIpc) is 3.14. The Morgan fingerprint density at radius 1 is 1.11 bits per heavy atom. The van der Waals surface area contributed by atoms with Crippen molar-refractivity contribution in [3.8, 4) is 0 Å². The molecule has 0 atom stereocenters. The molecule has 1 N–H and O–H groups in total. The molecule has 1 amide bonds. The van der Waals surface area contributed by atoms with Crippen molar-refractivity contribution in [3.63, 3.8) is 0 Å². The molecule has 4 nitrogen and oxygen atoms in total. The van der Waals surface area contributed by atoms with E-state index < -0.39 is 0 Å². The van der Waals surface area contributed by atoms with Gasteiger partial charge in [-0.05, 0) is 55.5 Å². The highest BCUT2D eigenvalue weighted by molar-refractivity contribution is 7.98. The predicted molar refractivity (Wildman–Crippen MR) is 121 cm³/mol. The monoisotopic (exact) mass is 414 g/mol. The van der Waals surface area contributed by atoms with Crippen molar-refractivity contribution in [2.45, 2.75) is 25.2 Å². The van der Waals surface area contributed by atoms with Crippen LogP contribution in [-0.2, 0) is 0 Å². The van der Waals surface area contributed by atoms with Crippen molar-refractivity contribution >= 4 is 44.4 Å². The van der Waals surface area contributed by atoms with E-state index in [1.165, 1.54) is 15.2 Å². The summed E-state index contributed by atoms with van der Waals surface area (Å²) < 4.78 is 1.17. The Kier molecular flexibility index (Phi) is 6.75. The molecule has 6 heteroatoms. The molecular formula is C22H28N3OS2+. The molecule has 0 aliphatic heterocycles. The zero-order chi connectivity index (χ0) is 20.3. The number of aryl methyl sites for hydroxylation is 2. The summed E-state index contributed by atoms with van der Waals surface area (Å²) in [5.41, 5.74) is 4.08. The first-order valence-corrected chi connectivity index (χ1v) is 11.6. The van der Waals surface area contributed by atoms with E-state index in [0.29, 0.717) is 12.1 Å². The fraction of sp³-hybridized carbons (Fsp3) is 0.364. The molecule has 0 fully saturated rings. The number of anilines is 1. The number of amides is 1. The molecule has 1 aromatic heterocycles. The quantitative estimate of drug-likeness (QED) is 0.597. The molecule has 0 bridgehead atoms. The van der Waals surface area contributed by atoms with E-state index in [4.69, 9.17) is 4.98 Å². The summed E-state index contributed by atoms with van der Waals surface area (Å²) in [5, 5.41) is 0.792. The Morgan fingerprint density at radius 2 is 1.79 bits per heavy atom. The van der Waals surface area contributed by atoms with Crippen LogP contribution in [0.1, 0.15) is 27.9 Å². The Labute approximate surface area is 175 Å². The molecule has 0 aliphatic carbocycles. The van der Waals surface area contributed by atoms with Crippen LogP contribution in [0.5, 0.6) is 0 Å². The first kappa shape index (κ1) is 20.8. The van der Waals surface area contributed by atoms with Gasteiger partial charge >= 0.3 is 0 Å². The zero-order valence-corrected chi connectivity index (χ0v) is 18.8. The van der Waals surface area contributed by atoms with Gasteiger partial charge in [0, 0.05) is 23.4 Å². The number of aromatic nitrogens is 1. The second-order valence-corrected chi connectivity index (χ2v) is 9.23. The second kappa shape index (κ2) is 9.07. The van der Waals surface area contributed by atoms with E-state index in [1.54, 1.807) is 23.1 Å². The Morgan fingerprint density at radius 3 is 2.39 bits per heavy atom. The second-order valence-electron chi connectivity index (χ2n) is 7.37. The lowest BCUT2D eigenvalue weighted by Gasteiger charge is -2.20. The van der Waals surface area contributed by atoms with Crippen LogP contribution in [0.25, 0.3) is 10.2 Å². The fourth-order valence-electron chi connectivity index (χ4n) is 3.13. The molecule has 3 aromatic rings. The number of quaternary nitrogens is 1. The molecule has 0 radical (unpaired) electrons. The lowest BCUT2D eigenvalue weighted by molar-refractivity contribution is -0.858. The largest absolute Gasteiger partial charge is 0.340 e. The number of nitrogens with one attached hydrogen (secondary N) is 1. The van der Waals surface area contributed by atoms with Gasteiger partial charge < -0.3 is 4.90 Å². The smallest absolute Gasteiger partial charge is 0.260 e. The van der Waals surface area contributed by atoms with Gasteiger partial charge in [0.15, 0.2) is 5.13 Å². The van der Waals surface area contributed by atoms with Gasteiger partial charge in [0.2, 0.25) is 0 Å². The van der Waals surface area contributed by atoms with Crippen molar-refractivity contribution in [3.05, 3.63) is 53.1 Å². The summed E-state index contributed by atoms with van der Waals surface area (Å²) in [7, 11) is 4.27. The maximum absolute atomic E-state index is 13.3. The van der Waals surface area contributed by atoms with Crippen LogP contribution >= 0.6 is 23.1 Å². The summed E-state index contributed by atoms with van der Waals surface area (Å²) in [6.07, 6.45) is 2.98. The first-order chi connectivity index (χ1) is 13.4. The molecule has 148 valence electrons. The van der Waals surface area contributed by atoms with Crippen LogP contribution < -0.4 is 9.80 Å². The summed E-state index contributed by atoms with van der Waals surface area (Å²) in [6.45, 7) is 5.87. The topological polar surface area (TPSA) is 37.6 Å². The number of hydrogen-bond acceptors (Lipinski definition) is 4. The molecule has 0 saturated heterocycles. The van der Waals surface area contributed by atoms with Crippen LogP contribution in [0.15, 0.2) is 41.3 Å². The number of fused-ring (bicyclic) bond motifs is 1. The van der Waals surface area contributed by atoms with E-state index in [1.807, 2.05) is 35.4 Å². The Hall–Kier alpha value is -1.89. The number of benzene rings is 2. The third-order valence-corrected chi connectivity index (χ3v) is 6.76. The molecule has 3 rings (SSSR count).